The molecule has 0 aliphatic rings. The number of carbonyl (C=O) groups is 1. The molecule has 0 fully saturated rings. The molecule has 0 spiro atoms. The summed E-state index contributed by atoms with van der Waals surface area (Å²) in [5.74, 6) is -0.0549. The van der Waals surface area contributed by atoms with Gasteiger partial charge in [0.25, 0.3) is 0 Å². The van der Waals surface area contributed by atoms with E-state index >= 15 is 0 Å². The molecule has 15 heavy (non-hydrogen) atoms. The minimum absolute atomic E-state index is 0.423. The molecule has 0 aromatic carbocycles. The molecule has 1 atom stereocenters. The average Bonchev–Trinajstić information content (AvgIpc) is 2.52. The van der Waals surface area contributed by atoms with Gasteiger partial charge in [-0.15, -0.1) is 0 Å². The lowest BCUT2D eigenvalue weighted by Gasteiger charge is -2.23. The molecule has 1 unspecified atom stereocenters. The Balaban J connectivity index is 2.84. The van der Waals surface area contributed by atoms with Crippen LogP contribution in [0.2, 0.25) is 0 Å². The number of aliphatic carboxylic acids is 1. The number of carboxylic acid groups (broad SMARTS) is 1. The fourth-order valence-corrected chi connectivity index (χ4v) is 1.65. The normalized spacial score (nSPS) is 14.9. The van der Waals surface area contributed by atoms with Crippen LogP contribution in [-0.4, -0.2) is 25.8 Å². The summed E-state index contributed by atoms with van der Waals surface area (Å²) in [5.41, 5.74) is -0.741. The summed E-state index contributed by atoms with van der Waals surface area (Å²) >= 11 is 0. The number of rotatable bonds is 5. The SMILES string of the molecule is CCCC(C)(Cc1ncnn1C)C(=O)O. The highest BCUT2D eigenvalue weighted by Gasteiger charge is 2.33. The maximum atomic E-state index is 11.2. The van der Waals surface area contributed by atoms with Crippen LogP contribution in [0.4, 0.5) is 0 Å². The second-order valence-electron chi connectivity index (χ2n) is 4.09. The molecule has 0 aliphatic heterocycles. The van der Waals surface area contributed by atoms with Gasteiger partial charge in [-0.05, 0) is 13.3 Å². The van der Waals surface area contributed by atoms with Crippen molar-refractivity contribution >= 4 is 5.97 Å². The Morgan fingerprint density at radius 1 is 1.67 bits per heavy atom. The molecule has 0 saturated carbocycles. The topological polar surface area (TPSA) is 68.0 Å². The number of aromatic nitrogens is 3. The molecule has 84 valence electrons. The zero-order valence-corrected chi connectivity index (χ0v) is 9.40. The van der Waals surface area contributed by atoms with Gasteiger partial charge in [-0.25, -0.2) is 4.98 Å². The van der Waals surface area contributed by atoms with Gasteiger partial charge in [0, 0.05) is 13.5 Å². The van der Waals surface area contributed by atoms with E-state index in [-0.39, 0.29) is 0 Å². The van der Waals surface area contributed by atoms with Crippen molar-refractivity contribution < 1.29 is 9.90 Å². The van der Waals surface area contributed by atoms with Crippen LogP contribution in [0.3, 0.4) is 0 Å². The molecule has 0 bridgehead atoms. The van der Waals surface area contributed by atoms with Gasteiger partial charge >= 0.3 is 5.97 Å². The van der Waals surface area contributed by atoms with Crippen LogP contribution in [0.25, 0.3) is 0 Å². The van der Waals surface area contributed by atoms with Crippen molar-refractivity contribution in [2.45, 2.75) is 33.1 Å². The van der Waals surface area contributed by atoms with Crippen molar-refractivity contribution in [3.05, 3.63) is 12.2 Å². The smallest absolute Gasteiger partial charge is 0.309 e. The molecule has 0 radical (unpaired) electrons. The largest absolute Gasteiger partial charge is 0.481 e. The zero-order chi connectivity index (χ0) is 11.5. The van der Waals surface area contributed by atoms with Crippen molar-refractivity contribution in [2.24, 2.45) is 12.5 Å². The van der Waals surface area contributed by atoms with Gasteiger partial charge in [0.05, 0.1) is 5.41 Å². The van der Waals surface area contributed by atoms with Crippen LogP contribution >= 0.6 is 0 Å². The number of aryl methyl sites for hydroxylation is 1. The lowest BCUT2D eigenvalue weighted by atomic mass is 9.82. The fourth-order valence-electron chi connectivity index (χ4n) is 1.65. The molecule has 1 aromatic heterocycles. The standard InChI is InChI=1S/C10H17N3O2/c1-4-5-10(2,9(14)15)6-8-11-7-12-13(8)3/h7H,4-6H2,1-3H3,(H,14,15). The molecule has 1 aromatic rings. The van der Waals surface area contributed by atoms with Gasteiger partial charge in [-0.1, -0.05) is 13.3 Å². The van der Waals surface area contributed by atoms with Gasteiger partial charge in [0.15, 0.2) is 0 Å². The first-order valence-corrected chi connectivity index (χ1v) is 5.06. The van der Waals surface area contributed by atoms with E-state index in [0.717, 1.165) is 6.42 Å². The number of nitrogens with zero attached hydrogens (tertiary/aromatic N) is 3. The monoisotopic (exact) mass is 211 g/mol. The first-order chi connectivity index (χ1) is 6.99. The van der Waals surface area contributed by atoms with E-state index in [0.29, 0.717) is 18.7 Å². The third kappa shape index (κ3) is 2.55. The fraction of sp³-hybridized carbons (Fsp3) is 0.700. The van der Waals surface area contributed by atoms with E-state index in [4.69, 9.17) is 0 Å². The van der Waals surface area contributed by atoms with Gasteiger partial charge < -0.3 is 5.11 Å². The van der Waals surface area contributed by atoms with Crippen LogP contribution in [-0.2, 0) is 18.3 Å². The number of hydrogen-bond acceptors (Lipinski definition) is 3. The Labute approximate surface area is 89.1 Å². The minimum Gasteiger partial charge on any atom is -0.481 e. The van der Waals surface area contributed by atoms with Gasteiger partial charge in [-0.2, -0.15) is 5.10 Å². The van der Waals surface area contributed by atoms with Crippen molar-refractivity contribution in [2.75, 3.05) is 0 Å². The summed E-state index contributed by atoms with van der Waals surface area (Å²) < 4.78 is 1.62. The average molecular weight is 211 g/mol. The summed E-state index contributed by atoms with van der Waals surface area (Å²) in [4.78, 5) is 15.2. The van der Waals surface area contributed by atoms with Crippen molar-refractivity contribution in [1.29, 1.82) is 0 Å². The summed E-state index contributed by atoms with van der Waals surface area (Å²) in [6, 6.07) is 0. The summed E-state index contributed by atoms with van der Waals surface area (Å²) in [6.45, 7) is 3.74. The Morgan fingerprint density at radius 2 is 2.33 bits per heavy atom. The van der Waals surface area contributed by atoms with Crippen LogP contribution in [0.15, 0.2) is 6.33 Å². The third-order valence-corrected chi connectivity index (χ3v) is 2.67. The Kier molecular flexibility index (Phi) is 3.44. The quantitative estimate of drug-likeness (QED) is 0.795. The molecular formula is C10H17N3O2. The second kappa shape index (κ2) is 4.42. The van der Waals surface area contributed by atoms with E-state index in [2.05, 4.69) is 10.1 Å². The molecule has 5 heteroatoms. The third-order valence-electron chi connectivity index (χ3n) is 2.67. The van der Waals surface area contributed by atoms with Crippen molar-refractivity contribution in [3.63, 3.8) is 0 Å². The lowest BCUT2D eigenvalue weighted by molar-refractivity contribution is -0.148. The first-order valence-electron chi connectivity index (χ1n) is 5.06. The molecule has 1 heterocycles. The molecule has 1 N–H and O–H groups in total. The summed E-state index contributed by atoms with van der Waals surface area (Å²) in [5, 5.41) is 13.1. The molecule has 0 amide bonds. The molecule has 5 nitrogen and oxygen atoms in total. The Bertz CT molecular complexity index is 348. The zero-order valence-electron chi connectivity index (χ0n) is 9.40. The highest BCUT2D eigenvalue weighted by Crippen LogP contribution is 2.27. The highest BCUT2D eigenvalue weighted by atomic mass is 16.4. The lowest BCUT2D eigenvalue weighted by Crippen LogP contribution is -2.31. The van der Waals surface area contributed by atoms with E-state index in [9.17, 15) is 9.90 Å². The van der Waals surface area contributed by atoms with Gasteiger partial charge in [0.2, 0.25) is 0 Å². The van der Waals surface area contributed by atoms with E-state index in [1.54, 1.807) is 18.7 Å². The van der Waals surface area contributed by atoms with Crippen LogP contribution in [0, 0.1) is 5.41 Å². The van der Waals surface area contributed by atoms with E-state index < -0.39 is 11.4 Å². The maximum absolute atomic E-state index is 11.2. The number of carboxylic acids is 1. The van der Waals surface area contributed by atoms with E-state index in [1.807, 2.05) is 6.92 Å². The summed E-state index contributed by atoms with van der Waals surface area (Å²) in [7, 11) is 1.77. The highest BCUT2D eigenvalue weighted by molar-refractivity contribution is 5.74. The van der Waals surface area contributed by atoms with E-state index in [1.165, 1.54) is 6.33 Å². The predicted molar refractivity (Wildman–Crippen MR) is 55.4 cm³/mol. The first kappa shape index (κ1) is 11.7. The number of hydrogen-bond donors (Lipinski definition) is 1. The van der Waals surface area contributed by atoms with Crippen LogP contribution < -0.4 is 0 Å². The molecular weight excluding hydrogens is 194 g/mol. The van der Waals surface area contributed by atoms with Crippen molar-refractivity contribution in [1.82, 2.24) is 14.8 Å². The summed E-state index contributed by atoms with van der Waals surface area (Å²) in [6.07, 6.45) is 3.37. The van der Waals surface area contributed by atoms with Crippen LogP contribution in [0.5, 0.6) is 0 Å². The molecule has 1 rings (SSSR count). The molecule has 0 aliphatic carbocycles. The minimum atomic E-state index is -0.771. The maximum Gasteiger partial charge on any atom is 0.309 e. The Hall–Kier alpha value is -1.39. The molecule has 0 saturated heterocycles. The van der Waals surface area contributed by atoms with Crippen molar-refractivity contribution in [3.8, 4) is 0 Å². The second-order valence-corrected chi connectivity index (χ2v) is 4.09. The van der Waals surface area contributed by atoms with Crippen LogP contribution in [0.1, 0.15) is 32.5 Å². The van der Waals surface area contributed by atoms with Gasteiger partial charge in [0.1, 0.15) is 12.2 Å². The Morgan fingerprint density at radius 3 is 2.73 bits per heavy atom. The van der Waals surface area contributed by atoms with Gasteiger partial charge in [-0.3, -0.25) is 9.48 Å². The predicted octanol–water partition coefficient (Wildman–Crippen LogP) is 1.25.